The fraction of sp³-hybridized carbons (Fsp3) is 0.818. The topological polar surface area (TPSA) is 44.7 Å². The van der Waals surface area contributed by atoms with Crippen molar-refractivity contribution in [2.45, 2.75) is 117 Å². The molecule has 208 valence electrons. The van der Waals surface area contributed by atoms with Crippen LogP contribution in [0, 0.1) is 34.5 Å². The SMILES string of the molecule is C=C(C1CCC(CCCN=C(C)C2CCC3C4CC/C(=C/C=O)C(C)(CCC)C4CCC23C)N1)N(C)C. The van der Waals surface area contributed by atoms with Gasteiger partial charge in [0.05, 0.1) is 0 Å². The summed E-state index contributed by atoms with van der Waals surface area (Å²) in [7, 11) is 4.19. The van der Waals surface area contributed by atoms with E-state index in [4.69, 9.17) is 4.99 Å². The highest BCUT2D eigenvalue weighted by atomic mass is 16.1. The van der Waals surface area contributed by atoms with E-state index in [1.807, 2.05) is 6.08 Å². The van der Waals surface area contributed by atoms with Crippen LogP contribution in [0.5, 0.6) is 0 Å². The van der Waals surface area contributed by atoms with Crippen LogP contribution in [0.2, 0.25) is 0 Å². The Morgan fingerprint density at radius 3 is 2.62 bits per heavy atom. The molecule has 0 radical (unpaired) electrons. The lowest BCUT2D eigenvalue weighted by molar-refractivity contribution is -0.104. The minimum Gasteiger partial charge on any atom is -0.380 e. The second-order valence-electron chi connectivity index (χ2n) is 13.6. The molecule has 4 heteroatoms. The molecule has 4 fully saturated rings. The fourth-order valence-electron chi connectivity index (χ4n) is 9.56. The minimum absolute atomic E-state index is 0.216. The van der Waals surface area contributed by atoms with Gasteiger partial charge in [-0.3, -0.25) is 9.79 Å². The van der Waals surface area contributed by atoms with Crippen LogP contribution < -0.4 is 5.32 Å². The molecule has 37 heavy (non-hydrogen) atoms. The molecule has 1 N–H and O–H groups in total. The summed E-state index contributed by atoms with van der Waals surface area (Å²) in [6.45, 7) is 15.0. The Morgan fingerprint density at radius 1 is 1.14 bits per heavy atom. The Bertz CT molecular complexity index is 890. The number of hydrogen-bond acceptors (Lipinski definition) is 4. The summed E-state index contributed by atoms with van der Waals surface area (Å²) in [5.41, 5.74) is 4.69. The molecule has 0 bridgehead atoms. The zero-order valence-electron chi connectivity index (χ0n) is 24.8. The van der Waals surface area contributed by atoms with E-state index in [1.54, 1.807) is 0 Å². The lowest BCUT2D eigenvalue weighted by Gasteiger charge is -2.57. The molecule has 4 rings (SSSR count). The van der Waals surface area contributed by atoms with Gasteiger partial charge in [-0.25, -0.2) is 0 Å². The van der Waals surface area contributed by atoms with Gasteiger partial charge in [0, 0.05) is 50.1 Å². The van der Waals surface area contributed by atoms with Crippen LogP contribution in [0.4, 0.5) is 0 Å². The number of allylic oxidation sites excluding steroid dienone is 2. The number of hydrogen-bond donors (Lipinski definition) is 1. The predicted molar refractivity (Wildman–Crippen MR) is 157 cm³/mol. The van der Waals surface area contributed by atoms with Crippen LogP contribution in [-0.4, -0.2) is 49.6 Å². The van der Waals surface area contributed by atoms with E-state index in [9.17, 15) is 4.79 Å². The third-order valence-corrected chi connectivity index (χ3v) is 11.6. The molecule has 1 saturated heterocycles. The van der Waals surface area contributed by atoms with E-state index in [-0.39, 0.29) is 5.41 Å². The van der Waals surface area contributed by atoms with Gasteiger partial charge >= 0.3 is 0 Å². The zero-order valence-corrected chi connectivity index (χ0v) is 24.8. The van der Waals surface area contributed by atoms with Crippen molar-refractivity contribution in [3.05, 3.63) is 23.9 Å². The molecule has 0 aromatic heterocycles. The lowest BCUT2D eigenvalue weighted by atomic mass is 9.47. The van der Waals surface area contributed by atoms with Crippen LogP contribution in [0.25, 0.3) is 0 Å². The highest BCUT2D eigenvalue weighted by Crippen LogP contribution is 2.66. The molecule has 0 amide bonds. The van der Waals surface area contributed by atoms with E-state index < -0.39 is 0 Å². The fourth-order valence-corrected chi connectivity index (χ4v) is 9.56. The van der Waals surface area contributed by atoms with Gasteiger partial charge in [-0.2, -0.15) is 0 Å². The quantitative estimate of drug-likeness (QED) is 0.146. The van der Waals surface area contributed by atoms with Crippen LogP contribution >= 0.6 is 0 Å². The van der Waals surface area contributed by atoms with Crippen molar-refractivity contribution in [2.24, 2.45) is 39.5 Å². The molecule has 8 unspecified atom stereocenters. The maximum absolute atomic E-state index is 11.4. The normalized spacial score (nSPS) is 40.9. The van der Waals surface area contributed by atoms with Crippen molar-refractivity contribution < 1.29 is 4.79 Å². The molecular weight excluding hydrogens is 454 g/mol. The third-order valence-electron chi connectivity index (χ3n) is 11.6. The smallest absolute Gasteiger partial charge is 0.142 e. The first kappa shape index (κ1) is 28.6. The van der Waals surface area contributed by atoms with Crippen molar-refractivity contribution in [1.82, 2.24) is 10.2 Å². The van der Waals surface area contributed by atoms with Gasteiger partial charge in [0.15, 0.2) is 0 Å². The molecule has 8 atom stereocenters. The van der Waals surface area contributed by atoms with Crippen molar-refractivity contribution in [1.29, 1.82) is 0 Å². The molecule has 1 heterocycles. The molecule has 1 aliphatic heterocycles. The number of nitrogens with zero attached hydrogens (tertiary/aromatic N) is 2. The van der Waals surface area contributed by atoms with Gasteiger partial charge in [0.2, 0.25) is 0 Å². The number of carbonyl (C=O) groups is 1. The molecule has 3 aliphatic carbocycles. The van der Waals surface area contributed by atoms with Gasteiger partial charge in [-0.05, 0) is 112 Å². The van der Waals surface area contributed by atoms with E-state index in [2.05, 4.69) is 58.6 Å². The van der Waals surface area contributed by atoms with Gasteiger partial charge in [-0.15, -0.1) is 0 Å². The third kappa shape index (κ3) is 5.52. The van der Waals surface area contributed by atoms with E-state index in [1.165, 1.54) is 87.6 Å². The largest absolute Gasteiger partial charge is 0.380 e. The molecule has 0 spiro atoms. The van der Waals surface area contributed by atoms with Gasteiger partial charge in [0.25, 0.3) is 0 Å². The van der Waals surface area contributed by atoms with Gasteiger partial charge < -0.3 is 10.2 Å². The zero-order chi connectivity index (χ0) is 26.8. The van der Waals surface area contributed by atoms with Crippen molar-refractivity contribution in [3.63, 3.8) is 0 Å². The number of rotatable bonds is 10. The summed E-state index contributed by atoms with van der Waals surface area (Å²) in [6.07, 6.45) is 18.0. The average Bonchev–Trinajstić information content (AvgIpc) is 3.47. The van der Waals surface area contributed by atoms with Gasteiger partial charge in [0.1, 0.15) is 6.29 Å². The summed E-state index contributed by atoms with van der Waals surface area (Å²) >= 11 is 0. The molecule has 0 aromatic carbocycles. The molecule has 4 aliphatic rings. The minimum atomic E-state index is 0.216. The highest BCUT2D eigenvalue weighted by Gasteiger charge is 2.58. The first-order valence-corrected chi connectivity index (χ1v) is 15.4. The maximum atomic E-state index is 11.4. The first-order chi connectivity index (χ1) is 17.7. The summed E-state index contributed by atoms with van der Waals surface area (Å²) in [5.74, 6) is 3.03. The Balaban J connectivity index is 1.35. The van der Waals surface area contributed by atoms with Crippen LogP contribution in [-0.2, 0) is 4.79 Å². The Morgan fingerprint density at radius 2 is 1.92 bits per heavy atom. The molecule has 3 saturated carbocycles. The Kier molecular flexibility index (Phi) is 9.09. The number of likely N-dealkylation sites (N-methyl/N-ethyl adjacent to an activating group) is 1. The number of aliphatic imine (C=N–C) groups is 1. The van der Waals surface area contributed by atoms with Crippen LogP contribution in [0.3, 0.4) is 0 Å². The number of fused-ring (bicyclic) bond motifs is 3. The van der Waals surface area contributed by atoms with E-state index in [0.717, 1.165) is 37.0 Å². The van der Waals surface area contributed by atoms with E-state index >= 15 is 0 Å². The second kappa shape index (κ2) is 11.8. The average molecular weight is 510 g/mol. The van der Waals surface area contributed by atoms with Crippen molar-refractivity contribution >= 4 is 12.0 Å². The molecule has 4 nitrogen and oxygen atoms in total. The van der Waals surface area contributed by atoms with E-state index in [0.29, 0.717) is 23.4 Å². The van der Waals surface area contributed by atoms with Crippen molar-refractivity contribution in [2.75, 3.05) is 20.6 Å². The van der Waals surface area contributed by atoms with Gasteiger partial charge in [-0.1, -0.05) is 39.3 Å². The monoisotopic (exact) mass is 509 g/mol. The summed E-state index contributed by atoms with van der Waals surface area (Å²) in [4.78, 5) is 18.8. The maximum Gasteiger partial charge on any atom is 0.142 e. The van der Waals surface area contributed by atoms with Crippen molar-refractivity contribution in [3.8, 4) is 0 Å². The predicted octanol–water partition coefficient (Wildman–Crippen LogP) is 7.21. The molecule has 0 aromatic rings. The number of nitrogens with one attached hydrogen (secondary N) is 1. The first-order valence-electron chi connectivity index (χ1n) is 15.4. The lowest BCUT2D eigenvalue weighted by Crippen LogP contribution is -2.50. The summed E-state index contributed by atoms with van der Waals surface area (Å²) in [6, 6.07) is 1.06. The summed E-state index contributed by atoms with van der Waals surface area (Å²) < 4.78 is 0. The Labute approximate surface area is 227 Å². The Hall–Kier alpha value is -1.42. The molecular formula is C33H55N3O. The standard InChI is InChI=1S/C33H55N3O/c1-8-19-32(4)25(18-22-37)11-13-27-29-15-14-28(33(29,5)20-17-30(27)32)23(2)34-21-9-10-26-12-16-31(35-26)24(3)36(6)7/h18,22,26-31,35H,3,8-17,19-21H2,1-2,4-7H3/b25-18-,34-23?. The number of carbonyl (C=O) groups excluding carboxylic acids is 1. The van der Waals surface area contributed by atoms with Crippen LogP contribution in [0.15, 0.2) is 28.9 Å². The second-order valence-corrected chi connectivity index (χ2v) is 13.6. The highest BCUT2D eigenvalue weighted by molar-refractivity contribution is 5.85. The number of aldehydes is 1. The summed E-state index contributed by atoms with van der Waals surface area (Å²) in [5, 5.41) is 3.80. The van der Waals surface area contributed by atoms with Crippen LogP contribution in [0.1, 0.15) is 105 Å².